The predicted octanol–water partition coefficient (Wildman–Crippen LogP) is 1.98. The van der Waals surface area contributed by atoms with Gasteiger partial charge in [0.05, 0.1) is 11.0 Å². The standard InChI is InChI=1S/C20H21FN4O3S/c21-17-4-6-18(7-5-17)24-12-14-25(15-13-24)20(26)16-2-8-19(9-3-16)29(27,28)23-11-1-10-22/h2-9,23H,1,11-15H2. The Morgan fingerprint density at radius 2 is 1.66 bits per heavy atom. The third kappa shape index (κ3) is 5.10. The van der Waals surface area contributed by atoms with Crippen molar-refractivity contribution < 1.29 is 17.6 Å². The van der Waals surface area contributed by atoms with Crippen LogP contribution < -0.4 is 9.62 Å². The molecule has 9 heteroatoms. The minimum absolute atomic E-state index is 0.0395. The Kier molecular flexibility index (Phi) is 6.46. The first-order valence-electron chi connectivity index (χ1n) is 9.17. The number of piperazine rings is 1. The van der Waals surface area contributed by atoms with Crippen molar-refractivity contribution >= 4 is 21.6 Å². The summed E-state index contributed by atoms with van der Waals surface area (Å²) in [7, 11) is -3.70. The minimum Gasteiger partial charge on any atom is -0.368 e. The number of amides is 1. The summed E-state index contributed by atoms with van der Waals surface area (Å²) in [5, 5.41) is 8.50. The van der Waals surface area contributed by atoms with Crippen molar-refractivity contribution in [2.75, 3.05) is 37.6 Å². The lowest BCUT2D eigenvalue weighted by atomic mass is 10.1. The maximum atomic E-state index is 13.1. The van der Waals surface area contributed by atoms with Crippen LogP contribution in [0.25, 0.3) is 0 Å². The molecule has 2 aromatic rings. The van der Waals surface area contributed by atoms with E-state index in [1.807, 2.05) is 6.07 Å². The van der Waals surface area contributed by atoms with E-state index in [1.54, 1.807) is 17.0 Å². The largest absolute Gasteiger partial charge is 0.368 e. The summed E-state index contributed by atoms with van der Waals surface area (Å²) in [6, 6.07) is 13.9. The van der Waals surface area contributed by atoms with Gasteiger partial charge in [-0.25, -0.2) is 17.5 Å². The van der Waals surface area contributed by atoms with Crippen LogP contribution in [0.4, 0.5) is 10.1 Å². The summed E-state index contributed by atoms with van der Waals surface area (Å²) < 4.78 is 39.7. The number of halogens is 1. The van der Waals surface area contributed by atoms with Crippen molar-refractivity contribution in [3.63, 3.8) is 0 Å². The maximum Gasteiger partial charge on any atom is 0.253 e. The Morgan fingerprint density at radius 3 is 2.24 bits per heavy atom. The van der Waals surface area contributed by atoms with Crippen molar-refractivity contribution in [2.24, 2.45) is 0 Å². The molecule has 0 atom stereocenters. The van der Waals surface area contributed by atoms with Crippen LogP contribution in [-0.4, -0.2) is 51.9 Å². The van der Waals surface area contributed by atoms with Crippen LogP contribution in [-0.2, 0) is 10.0 Å². The van der Waals surface area contributed by atoms with Crippen LogP contribution in [0.2, 0.25) is 0 Å². The molecule has 0 saturated carbocycles. The first-order chi connectivity index (χ1) is 13.9. The number of hydrogen-bond acceptors (Lipinski definition) is 5. The van der Waals surface area contributed by atoms with Gasteiger partial charge in [-0.1, -0.05) is 0 Å². The van der Waals surface area contributed by atoms with E-state index in [2.05, 4.69) is 9.62 Å². The Balaban J connectivity index is 1.60. The van der Waals surface area contributed by atoms with Gasteiger partial charge in [0.15, 0.2) is 0 Å². The number of carbonyl (C=O) groups excluding carboxylic acids is 1. The number of nitrogens with zero attached hydrogens (tertiary/aromatic N) is 3. The van der Waals surface area contributed by atoms with Crippen LogP contribution in [0.15, 0.2) is 53.4 Å². The molecule has 1 aliphatic rings. The highest BCUT2D eigenvalue weighted by Gasteiger charge is 2.23. The number of nitriles is 1. The molecule has 0 aromatic heterocycles. The normalized spacial score (nSPS) is 14.5. The summed E-state index contributed by atoms with van der Waals surface area (Å²) >= 11 is 0. The van der Waals surface area contributed by atoms with Crippen LogP contribution in [0, 0.1) is 17.1 Å². The zero-order valence-corrected chi connectivity index (χ0v) is 16.5. The molecule has 7 nitrogen and oxygen atoms in total. The first kappa shape index (κ1) is 20.8. The minimum atomic E-state index is -3.70. The monoisotopic (exact) mass is 416 g/mol. The van der Waals surface area contributed by atoms with Crippen molar-refractivity contribution in [2.45, 2.75) is 11.3 Å². The smallest absolute Gasteiger partial charge is 0.253 e. The van der Waals surface area contributed by atoms with Crippen molar-refractivity contribution in [1.82, 2.24) is 9.62 Å². The molecule has 2 aromatic carbocycles. The molecule has 1 aliphatic heterocycles. The van der Waals surface area contributed by atoms with Gasteiger partial charge in [0.1, 0.15) is 5.82 Å². The molecule has 29 heavy (non-hydrogen) atoms. The molecular weight excluding hydrogens is 395 g/mol. The highest BCUT2D eigenvalue weighted by molar-refractivity contribution is 7.89. The van der Waals surface area contributed by atoms with E-state index in [1.165, 1.54) is 36.4 Å². The number of carbonyl (C=O) groups is 1. The second-order valence-corrected chi connectivity index (χ2v) is 8.35. The van der Waals surface area contributed by atoms with Crippen molar-refractivity contribution in [3.8, 4) is 6.07 Å². The van der Waals surface area contributed by atoms with Gasteiger partial charge in [-0.15, -0.1) is 0 Å². The first-order valence-corrected chi connectivity index (χ1v) is 10.7. The third-order valence-electron chi connectivity index (χ3n) is 4.70. The Bertz CT molecular complexity index is 994. The number of rotatable bonds is 6. The number of sulfonamides is 1. The van der Waals surface area contributed by atoms with Gasteiger partial charge < -0.3 is 9.80 Å². The number of benzene rings is 2. The fraction of sp³-hybridized carbons (Fsp3) is 0.300. The molecule has 1 N–H and O–H groups in total. The third-order valence-corrected chi connectivity index (χ3v) is 6.18. The molecule has 1 amide bonds. The SMILES string of the molecule is N#CCCNS(=O)(=O)c1ccc(C(=O)N2CCN(c3ccc(F)cc3)CC2)cc1. The van der Waals surface area contributed by atoms with Crippen LogP contribution >= 0.6 is 0 Å². The van der Waals surface area contributed by atoms with E-state index >= 15 is 0 Å². The van der Waals surface area contributed by atoms with Gasteiger partial charge in [-0.3, -0.25) is 4.79 Å². The van der Waals surface area contributed by atoms with E-state index < -0.39 is 10.0 Å². The van der Waals surface area contributed by atoms with E-state index in [4.69, 9.17) is 5.26 Å². The summed E-state index contributed by atoms with van der Waals surface area (Å²) in [4.78, 5) is 16.6. The van der Waals surface area contributed by atoms with Gasteiger partial charge in [0.2, 0.25) is 10.0 Å². The molecule has 1 saturated heterocycles. The summed E-state index contributed by atoms with van der Waals surface area (Å²) in [6.45, 7) is 2.34. The molecule has 152 valence electrons. The molecule has 0 aliphatic carbocycles. The highest BCUT2D eigenvalue weighted by atomic mass is 32.2. The molecule has 1 fully saturated rings. The second-order valence-electron chi connectivity index (χ2n) is 6.59. The van der Waals surface area contributed by atoms with E-state index in [9.17, 15) is 17.6 Å². The zero-order chi connectivity index (χ0) is 20.9. The molecular formula is C20H21FN4O3S. The number of nitrogens with one attached hydrogen (secondary N) is 1. The molecule has 0 unspecified atom stereocenters. The Labute approximate surface area is 169 Å². The molecule has 0 bridgehead atoms. The lowest BCUT2D eigenvalue weighted by Gasteiger charge is -2.36. The lowest BCUT2D eigenvalue weighted by molar-refractivity contribution is 0.0746. The van der Waals surface area contributed by atoms with Gasteiger partial charge in [-0.05, 0) is 48.5 Å². The van der Waals surface area contributed by atoms with Crippen molar-refractivity contribution in [1.29, 1.82) is 5.26 Å². The number of hydrogen-bond donors (Lipinski definition) is 1. The summed E-state index contributed by atoms with van der Waals surface area (Å²) in [5.74, 6) is -0.446. The van der Waals surface area contributed by atoms with Gasteiger partial charge in [0.25, 0.3) is 5.91 Å². The predicted molar refractivity (Wildman–Crippen MR) is 106 cm³/mol. The van der Waals surface area contributed by atoms with Gasteiger partial charge in [0, 0.05) is 50.4 Å². The Morgan fingerprint density at radius 1 is 1.03 bits per heavy atom. The van der Waals surface area contributed by atoms with Crippen molar-refractivity contribution in [3.05, 3.63) is 59.9 Å². The highest BCUT2D eigenvalue weighted by Crippen LogP contribution is 2.18. The maximum absolute atomic E-state index is 13.1. The number of anilines is 1. The average Bonchev–Trinajstić information content (AvgIpc) is 2.74. The Hall–Kier alpha value is -2.96. The summed E-state index contributed by atoms with van der Waals surface area (Å²) in [6.07, 6.45) is 0.0830. The topological polar surface area (TPSA) is 93.5 Å². The van der Waals surface area contributed by atoms with Gasteiger partial charge >= 0.3 is 0 Å². The molecule has 1 heterocycles. The second kappa shape index (κ2) is 9.03. The van der Waals surface area contributed by atoms with Crippen LogP contribution in [0.5, 0.6) is 0 Å². The van der Waals surface area contributed by atoms with Crippen LogP contribution in [0.1, 0.15) is 16.8 Å². The molecule has 0 spiro atoms. The van der Waals surface area contributed by atoms with E-state index in [0.29, 0.717) is 31.7 Å². The van der Waals surface area contributed by atoms with E-state index in [0.717, 1.165) is 5.69 Å². The quantitative estimate of drug-likeness (QED) is 0.727. The van der Waals surface area contributed by atoms with Gasteiger partial charge in [-0.2, -0.15) is 5.26 Å². The average molecular weight is 416 g/mol. The zero-order valence-electron chi connectivity index (χ0n) is 15.7. The fourth-order valence-electron chi connectivity index (χ4n) is 3.10. The molecule has 0 radical (unpaired) electrons. The lowest BCUT2D eigenvalue weighted by Crippen LogP contribution is -2.48. The van der Waals surface area contributed by atoms with Crippen LogP contribution in [0.3, 0.4) is 0 Å². The summed E-state index contributed by atoms with van der Waals surface area (Å²) in [5.41, 5.74) is 1.33. The fourth-order valence-corrected chi connectivity index (χ4v) is 4.14. The van der Waals surface area contributed by atoms with E-state index in [-0.39, 0.29) is 29.6 Å². The molecule has 3 rings (SSSR count).